The van der Waals surface area contributed by atoms with Gasteiger partial charge in [-0.25, -0.2) is 9.18 Å². The number of ether oxygens (including phenoxy) is 1. The minimum atomic E-state index is -0.694. The molecule has 0 fully saturated rings. The minimum absolute atomic E-state index is 0.179. The second-order valence-corrected chi connectivity index (χ2v) is 5.55. The Morgan fingerprint density at radius 2 is 1.80 bits per heavy atom. The van der Waals surface area contributed by atoms with E-state index in [2.05, 4.69) is 10.2 Å². The van der Waals surface area contributed by atoms with E-state index in [1.807, 2.05) is 19.1 Å². The topological polar surface area (TPSA) is 65.2 Å². The first kappa shape index (κ1) is 16.8. The third-order valence-electron chi connectivity index (χ3n) is 3.76. The molecule has 128 valence electrons. The number of nitrogens with zero attached hydrogens (tertiary/aromatic N) is 2. The van der Waals surface area contributed by atoms with E-state index in [0.717, 1.165) is 12.0 Å². The first-order valence-corrected chi connectivity index (χ1v) is 7.96. The van der Waals surface area contributed by atoms with Crippen molar-refractivity contribution in [3.63, 3.8) is 0 Å². The molecule has 3 aromatic rings. The molecule has 1 heterocycles. The summed E-state index contributed by atoms with van der Waals surface area (Å²) < 4.78 is 23.9. The molecule has 0 radical (unpaired) electrons. The number of benzene rings is 2. The Balaban J connectivity index is 1.69. The summed E-state index contributed by atoms with van der Waals surface area (Å²) in [6.45, 7) is 3.70. The van der Waals surface area contributed by atoms with Crippen LogP contribution in [-0.2, 0) is 11.2 Å². The van der Waals surface area contributed by atoms with Gasteiger partial charge < -0.3 is 9.15 Å². The highest BCUT2D eigenvalue weighted by Crippen LogP contribution is 2.23. The molecule has 0 saturated heterocycles. The summed E-state index contributed by atoms with van der Waals surface area (Å²) in [5, 5.41) is 7.81. The van der Waals surface area contributed by atoms with E-state index in [0.29, 0.717) is 11.1 Å². The maximum absolute atomic E-state index is 13.0. The molecule has 0 saturated carbocycles. The van der Waals surface area contributed by atoms with Crippen molar-refractivity contribution in [1.82, 2.24) is 10.2 Å². The Bertz CT molecular complexity index is 857. The molecule has 1 aromatic heterocycles. The summed E-state index contributed by atoms with van der Waals surface area (Å²) in [7, 11) is 0. The van der Waals surface area contributed by atoms with Crippen molar-refractivity contribution in [2.75, 3.05) is 0 Å². The number of aromatic nitrogens is 2. The lowest BCUT2D eigenvalue weighted by Gasteiger charge is -2.09. The van der Waals surface area contributed by atoms with Crippen LogP contribution in [0.15, 0.2) is 52.9 Å². The Hall–Kier alpha value is -3.02. The third-order valence-corrected chi connectivity index (χ3v) is 3.76. The maximum atomic E-state index is 13.0. The lowest BCUT2D eigenvalue weighted by Crippen LogP contribution is -2.09. The molecule has 0 spiro atoms. The SMILES string of the molecule is CCc1ccc(C(=O)O[C@H](C)c2nnc(-c3ccc(F)cc3)o2)cc1. The standard InChI is InChI=1S/C19H17FN2O3/c1-3-13-4-6-15(7-5-13)19(23)24-12(2)17-21-22-18(25-17)14-8-10-16(20)11-9-14/h4-12H,3H2,1-2H3/t12-/m1/s1. The van der Waals surface area contributed by atoms with E-state index >= 15 is 0 Å². The molecule has 3 rings (SSSR count). The summed E-state index contributed by atoms with van der Waals surface area (Å²) >= 11 is 0. The van der Waals surface area contributed by atoms with Crippen LogP contribution >= 0.6 is 0 Å². The largest absolute Gasteiger partial charge is 0.449 e. The molecule has 0 bridgehead atoms. The van der Waals surface area contributed by atoms with Crippen molar-refractivity contribution in [3.05, 3.63) is 71.4 Å². The zero-order valence-corrected chi connectivity index (χ0v) is 13.9. The number of esters is 1. The molecule has 5 nitrogen and oxygen atoms in total. The summed E-state index contributed by atoms with van der Waals surface area (Å²) in [6, 6.07) is 12.9. The second kappa shape index (κ2) is 7.25. The predicted molar refractivity (Wildman–Crippen MR) is 89.3 cm³/mol. The average Bonchev–Trinajstić information content (AvgIpc) is 3.12. The second-order valence-electron chi connectivity index (χ2n) is 5.55. The molecule has 25 heavy (non-hydrogen) atoms. The van der Waals surface area contributed by atoms with E-state index in [-0.39, 0.29) is 17.6 Å². The van der Waals surface area contributed by atoms with Crippen molar-refractivity contribution in [2.24, 2.45) is 0 Å². The molecule has 2 aromatic carbocycles. The van der Waals surface area contributed by atoms with Gasteiger partial charge in [-0.3, -0.25) is 0 Å². The summed E-state index contributed by atoms with van der Waals surface area (Å²) in [6.07, 6.45) is 0.208. The fourth-order valence-electron chi connectivity index (χ4n) is 2.26. The van der Waals surface area contributed by atoms with E-state index in [4.69, 9.17) is 9.15 Å². The number of halogens is 1. The highest BCUT2D eigenvalue weighted by molar-refractivity contribution is 5.89. The Kier molecular flexibility index (Phi) is 4.88. The van der Waals surface area contributed by atoms with E-state index in [9.17, 15) is 9.18 Å². The summed E-state index contributed by atoms with van der Waals surface area (Å²) in [5.41, 5.74) is 2.20. The van der Waals surface area contributed by atoms with Crippen LogP contribution in [0.1, 0.15) is 41.8 Å². The van der Waals surface area contributed by atoms with Crippen LogP contribution < -0.4 is 0 Å². The van der Waals surface area contributed by atoms with Gasteiger partial charge in [0.1, 0.15) is 5.82 Å². The van der Waals surface area contributed by atoms with Gasteiger partial charge in [0.15, 0.2) is 6.10 Å². The van der Waals surface area contributed by atoms with Gasteiger partial charge >= 0.3 is 5.97 Å². The molecule has 0 amide bonds. The van der Waals surface area contributed by atoms with Gasteiger partial charge in [-0.1, -0.05) is 19.1 Å². The molecule has 0 aliphatic rings. The minimum Gasteiger partial charge on any atom is -0.449 e. The fourth-order valence-corrected chi connectivity index (χ4v) is 2.26. The average molecular weight is 340 g/mol. The van der Waals surface area contributed by atoms with Gasteiger partial charge in [-0.05, 0) is 55.3 Å². The Morgan fingerprint density at radius 1 is 1.12 bits per heavy atom. The van der Waals surface area contributed by atoms with Gasteiger partial charge in [-0.2, -0.15) is 0 Å². The molecular weight excluding hydrogens is 323 g/mol. The molecule has 6 heteroatoms. The van der Waals surface area contributed by atoms with Gasteiger partial charge in [-0.15, -0.1) is 10.2 Å². The molecule has 1 atom stereocenters. The van der Waals surface area contributed by atoms with Crippen molar-refractivity contribution in [1.29, 1.82) is 0 Å². The van der Waals surface area contributed by atoms with Crippen molar-refractivity contribution >= 4 is 5.97 Å². The van der Waals surface area contributed by atoms with Crippen LogP contribution in [0.4, 0.5) is 4.39 Å². The normalized spacial score (nSPS) is 12.0. The van der Waals surface area contributed by atoms with Crippen LogP contribution in [0.5, 0.6) is 0 Å². The molecule has 0 aliphatic carbocycles. The lowest BCUT2D eigenvalue weighted by atomic mass is 10.1. The van der Waals surface area contributed by atoms with Crippen molar-refractivity contribution in [3.8, 4) is 11.5 Å². The summed E-state index contributed by atoms with van der Waals surface area (Å²) in [4.78, 5) is 12.2. The van der Waals surface area contributed by atoms with Crippen LogP contribution in [0.25, 0.3) is 11.5 Å². The Labute approximate surface area is 144 Å². The highest BCUT2D eigenvalue weighted by atomic mass is 19.1. The number of hydrogen-bond acceptors (Lipinski definition) is 5. The first-order chi connectivity index (χ1) is 12.1. The molecule has 0 N–H and O–H groups in total. The summed E-state index contributed by atoms with van der Waals surface area (Å²) in [5.74, 6) is -0.389. The fraction of sp³-hybridized carbons (Fsp3) is 0.211. The van der Waals surface area contributed by atoms with Crippen molar-refractivity contribution in [2.45, 2.75) is 26.4 Å². The third kappa shape index (κ3) is 3.91. The number of aryl methyl sites for hydroxylation is 1. The molecule has 0 aliphatic heterocycles. The zero-order valence-electron chi connectivity index (χ0n) is 13.9. The first-order valence-electron chi connectivity index (χ1n) is 7.96. The zero-order chi connectivity index (χ0) is 17.8. The number of carbonyl (C=O) groups is 1. The smallest absolute Gasteiger partial charge is 0.338 e. The molecule has 0 unspecified atom stereocenters. The van der Waals surface area contributed by atoms with Crippen molar-refractivity contribution < 1.29 is 18.3 Å². The van der Waals surface area contributed by atoms with Crippen LogP contribution in [0.3, 0.4) is 0 Å². The number of hydrogen-bond donors (Lipinski definition) is 0. The maximum Gasteiger partial charge on any atom is 0.338 e. The quantitative estimate of drug-likeness (QED) is 0.646. The molecular formula is C19H17FN2O3. The predicted octanol–water partition coefficient (Wildman–Crippen LogP) is 4.36. The van der Waals surface area contributed by atoms with E-state index in [1.54, 1.807) is 31.2 Å². The number of carbonyl (C=O) groups excluding carboxylic acids is 1. The highest BCUT2D eigenvalue weighted by Gasteiger charge is 2.20. The lowest BCUT2D eigenvalue weighted by molar-refractivity contribution is 0.0280. The Morgan fingerprint density at radius 3 is 2.44 bits per heavy atom. The van der Waals surface area contributed by atoms with E-state index in [1.165, 1.54) is 12.1 Å². The van der Waals surface area contributed by atoms with Crippen LogP contribution in [0, 0.1) is 5.82 Å². The van der Waals surface area contributed by atoms with Gasteiger partial charge in [0.05, 0.1) is 5.56 Å². The van der Waals surface area contributed by atoms with Gasteiger partial charge in [0.25, 0.3) is 5.89 Å². The van der Waals surface area contributed by atoms with Gasteiger partial charge in [0, 0.05) is 5.56 Å². The van der Waals surface area contributed by atoms with Gasteiger partial charge in [0.2, 0.25) is 5.89 Å². The van der Waals surface area contributed by atoms with Crippen LogP contribution in [0.2, 0.25) is 0 Å². The monoisotopic (exact) mass is 340 g/mol. The van der Waals surface area contributed by atoms with Crippen LogP contribution in [-0.4, -0.2) is 16.2 Å². The van der Waals surface area contributed by atoms with E-state index < -0.39 is 12.1 Å². The number of rotatable bonds is 5.